The van der Waals surface area contributed by atoms with Gasteiger partial charge in [0.15, 0.2) is 0 Å². The lowest BCUT2D eigenvalue weighted by molar-refractivity contribution is 0.0524. The summed E-state index contributed by atoms with van der Waals surface area (Å²) in [5.74, 6) is 0.841. The second-order valence-corrected chi connectivity index (χ2v) is 6.03. The molecule has 1 unspecified atom stereocenters. The summed E-state index contributed by atoms with van der Waals surface area (Å²) < 4.78 is 1.81. The molecule has 1 saturated carbocycles. The molecule has 4 nitrogen and oxygen atoms in total. The lowest BCUT2D eigenvalue weighted by Crippen LogP contribution is -2.61. The third kappa shape index (κ3) is 2.60. The van der Waals surface area contributed by atoms with Crippen LogP contribution in [0.3, 0.4) is 0 Å². The molecule has 2 fully saturated rings. The van der Waals surface area contributed by atoms with Crippen molar-refractivity contribution in [1.29, 1.82) is 0 Å². The topological polar surface area (TPSA) is 37.3 Å². The van der Waals surface area contributed by atoms with E-state index < -0.39 is 0 Å². The smallest absolute Gasteiger partial charge is 0.250 e. The highest BCUT2D eigenvalue weighted by molar-refractivity contribution is 5.03. The number of hydrogen-bond acceptors (Lipinski definition) is 3. The number of rotatable bonds is 4. The number of hydrogen-bond donors (Lipinski definition) is 1. The van der Waals surface area contributed by atoms with Crippen LogP contribution in [0.1, 0.15) is 19.8 Å². The molecule has 3 rings (SSSR count). The molecular formula is C15H23N3O. The van der Waals surface area contributed by atoms with Crippen LogP contribution in [0.25, 0.3) is 0 Å². The van der Waals surface area contributed by atoms with Gasteiger partial charge in [0.2, 0.25) is 0 Å². The van der Waals surface area contributed by atoms with Crippen LogP contribution in [0.2, 0.25) is 0 Å². The SMILES string of the molecule is CC1(C2CC2)CNCCN1CCn1ccccc1=O. The standard InChI is InChI=1S/C15H23N3O/c1-15(13-5-6-13)12-16-7-9-18(15)11-10-17-8-3-2-4-14(17)19/h2-4,8,13,16H,5-7,9-12H2,1H3. The monoisotopic (exact) mass is 261 g/mol. The molecule has 0 radical (unpaired) electrons. The van der Waals surface area contributed by atoms with Crippen molar-refractivity contribution in [2.45, 2.75) is 31.8 Å². The van der Waals surface area contributed by atoms with E-state index in [4.69, 9.17) is 0 Å². The first-order chi connectivity index (χ1) is 9.20. The van der Waals surface area contributed by atoms with Gasteiger partial charge in [-0.1, -0.05) is 6.07 Å². The van der Waals surface area contributed by atoms with Gasteiger partial charge in [-0.25, -0.2) is 0 Å². The number of pyridine rings is 1. The Bertz CT molecular complexity index is 494. The van der Waals surface area contributed by atoms with Crippen molar-refractivity contribution in [1.82, 2.24) is 14.8 Å². The molecule has 19 heavy (non-hydrogen) atoms. The molecule has 4 heteroatoms. The van der Waals surface area contributed by atoms with Gasteiger partial charge in [-0.3, -0.25) is 9.69 Å². The van der Waals surface area contributed by atoms with Crippen molar-refractivity contribution in [2.75, 3.05) is 26.2 Å². The summed E-state index contributed by atoms with van der Waals surface area (Å²) in [7, 11) is 0. The van der Waals surface area contributed by atoms with E-state index in [-0.39, 0.29) is 11.1 Å². The van der Waals surface area contributed by atoms with Crippen LogP contribution in [0.4, 0.5) is 0 Å². The quantitative estimate of drug-likeness (QED) is 0.876. The Morgan fingerprint density at radius 1 is 1.37 bits per heavy atom. The number of piperazine rings is 1. The van der Waals surface area contributed by atoms with Crippen LogP contribution in [-0.4, -0.2) is 41.2 Å². The van der Waals surface area contributed by atoms with Crippen molar-refractivity contribution in [2.24, 2.45) is 5.92 Å². The minimum absolute atomic E-state index is 0.103. The molecule has 104 valence electrons. The highest BCUT2D eigenvalue weighted by atomic mass is 16.1. The number of nitrogens with one attached hydrogen (secondary N) is 1. The largest absolute Gasteiger partial charge is 0.314 e. The van der Waals surface area contributed by atoms with Crippen molar-refractivity contribution in [3.63, 3.8) is 0 Å². The van der Waals surface area contributed by atoms with Crippen molar-refractivity contribution in [3.05, 3.63) is 34.7 Å². The van der Waals surface area contributed by atoms with Crippen LogP contribution in [0.5, 0.6) is 0 Å². The molecule has 1 aliphatic heterocycles. The predicted octanol–water partition coefficient (Wildman–Crippen LogP) is 0.922. The van der Waals surface area contributed by atoms with Crippen LogP contribution in [0, 0.1) is 5.92 Å². The van der Waals surface area contributed by atoms with E-state index in [9.17, 15) is 4.79 Å². The van der Waals surface area contributed by atoms with Gasteiger partial charge in [-0.2, -0.15) is 0 Å². The highest BCUT2D eigenvalue weighted by Gasteiger charge is 2.46. The Kier molecular flexibility index (Phi) is 3.46. The maximum atomic E-state index is 11.7. The molecule has 0 amide bonds. The molecule has 1 atom stereocenters. The van der Waals surface area contributed by atoms with Crippen LogP contribution >= 0.6 is 0 Å². The molecule has 1 N–H and O–H groups in total. The Morgan fingerprint density at radius 3 is 2.95 bits per heavy atom. The van der Waals surface area contributed by atoms with E-state index in [2.05, 4.69) is 17.1 Å². The maximum Gasteiger partial charge on any atom is 0.250 e. The fraction of sp³-hybridized carbons (Fsp3) is 0.667. The summed E-state index contributed by atoms with van der Waals surface area (Å²) >= 11 is 0. The van der Waals surface area contributed by atoms with Crippen molar-refractivity contribution in [3.8, 4) is 0 Å². The van der Waals surface area contributed by atoms with E-state index in [1.54, 1.807) is 12.1 Å². The summed E-state index contributed by atoms with van der Waals surface area (Å²) in [6.45, 7) is 7.38. The molecule has 1 aromatic rings. The van der Waals surface area contributed by atoms with E-state index in [1.165, 1.54) is 12.8 Å². The molecule has 0 bridgehead atoms. The molecule has 1 saturated heterocycles. The fourth-order valence-corrected chi connectivity index (χ4v) is 3.27. The molecule has 0 aromatic carbocycles. The van der Waals surface area contributed by atoms with E-state index >= 15 is 0 Å². The third-order valence-electron chi connectivity index (χ3n) is 4.73. The molecular weight excluding hydrogens is 238 g/mol. The molecule has 1 aromatic heterocycles. The maximum absolute atomic E-state index is 11.7. The first kappa shape index (κ1) is 12.9. The van der Waals surface area contributed by atoms with Gasteiger partial charge in [0.1, 0.15) is 0 Å². The van der Waals surface area contributed by atoms with Gasteiger partial charge in [-0.15, -0.1) is 0 Å². The zero-order valence-electron chi connectivity index (χ0n) is 11.6. The molecule has 0 spiro atoms. The van der Waals surface area contributed by atoms with Crippen molar-refractivity contribution >= 4 is 0 Å². The molecule has 1 aliphatic carbocycles. The van der Waals surface area contributed by atoms with Gasteiger partial charge >= 0.3 is 0 Å². The average Bonchev–Trinajstić information content (AvgIpc) is 3.24. The fourth-order valence-electron chi connectivity index (χ4n) is 3.27. The molecule has 2 heterocycles. The van der Waals surface area contributed by atoms with Crippen LogP contribution in [0.15, 0.2) is 29.2 Å². The minimum atomic E-state index is 0.103. The summed E-state index contributed by atoms with van der Waals surface area (Å²) in [5, 5.41) is 3.53. The lowest BCUT2D eigenvalue weighted by atomic mass is 9.91. The van der Waals surface area contributed by atoms with E-state index in [1.807, 2.05) is 16.8 Å². The lowest BCUT2D eigenvalue weighted by Gasteiger charge is -2.46. The Morgan fingerprint density at radius 2 is 2.21 bits per heavy atom. The van der Waals surface area contributed by atoms with Crippen molar-refractivity contribution < 1.29 is 0 Å². The van der Waals surface area contributed by atoms with Gasteiger partial charge < -0.3 is 9.88 Å². The summed E-state index contributed by atoms with van der Waals surface area (Å²) in [6, 6.07) is 5.37. The van der Waals surface area contributed by atoms with Crippen LogP contribution < -0.4 is 10.9 Å². The zero-order chi connectivity index (χ0) is 13.3. The summed E-state index contributed by atoms with van der Waals surface area (Å²) in [5.41, 5.74) is 0.391. The van der Waals surface area contributed by atoms with Gasteiger partial charge in [0.05, 0.1) is 0 Å². The predicted molar refractivity (Wildman–Crippen MR) is 76.3 cm³/mol. The number of nitrogens with zero attached hydrogens (tertiary/aromatic N) is 2. The Hall–Kier alpha value is -1.13. The first-order valence-electron chi connectivity index (χ1n) is 7.31. The molecule has 2 aliphatic rings. The Balaban J connectivity index is 1.68. The van der Waals surface area contributed by atoms with Gasteiger partial charge in [0.25, 0.3) is 5.56 Å². The third-order valence-corrected chi connectivity index (χ3v) is 4.73. The Labute approximate surface area is 114 Å². The highest BCUT2D eigenvalue weighted by Crippen LogP contribution is 2.43. The van der Waals surface area contributed by atoms with Gasteiger partial charge in [0, 0.05) is 50.5 Å². The zero-order valence-corrected chi connectivity index (χ0v) is 11.6. The minimum Gasteiger partial charge on any atom is -0.314 e. The van der Waals surface area contributed by atoms with Crippen LogP contribution in [-0.2, 0) is 6.54 Å². The van der Waals surface area contributed by atoms with E-state index in [0.717, 1.165) is 38.6 Å². The summed E-state index contributed by atoms with van der Waals surface area (Å²) in [6.07, 6.45) is 4.61. The van der Waals surface area contributed by atoms with Gasteiger partial charge in [-0.05, 0) is 31.7 Å². The first-order valence-corrected chi connectivity index (χ1v) is 7.31. The number of aromatic nitrogens is 1. The summed E-state index contributed by atoms with van der Waals surface area (Å²) in [4.78, 5) is 14.3. The average molecular weight is 261 g/mol. The normalized spacial score (nSPS) is 28.5. The van der Waals surface area contributed by atoms with E-state index in [0.29, 0.717) is 0 Å². The second-order valence-electron chi connectivity index (χ2n) is 6.03. The second kappa shape index (κ2) is 5.10.